The highest BCUT2D eigenvalue weighted by Crippen LogP contribution is 2.49. The molecule has 264 valence electrons. The van der Waals surface area contributed by atoms with Gasteiger partial charge in [-0.15, -0.1) is 6.58 Å². The molecule has 1 rings (SSSR count). The van der Waals surface area contributed by atoms with Crippen molar-refractivity contribution in [1.82, 2.24) is 0 Å². The minimum Gasteiger partial charge on any atom is -0.328 e. The Morgan fingerprint density at radius 3 is 1.73 bits per heavy atom. The van der Waals surface area contributed by atoms with E-state index >= 15 is 4.39 Å². The molecule has 0 aromatic heterocycles. The van der Waals surface area contributed by atoms with Crippen LogP contribution in [0.25, 0.3) is 0 Å². The monoisotopic (exact) mass is 626 g/mol. The second-order valence-electron chi connectivity index (χ2n) is 12.2. The molecule has 3 heteroatoms. The molecule has 0 heterocycles. The summed E-state index contributed by atoms with van der Waals surface area (Å²) in [6.45, 7) is 43.0. The van der Waals surface area contributed by atoms with Crippen LogP contribution in [-0.4, -0.2) is 17.4 Å². The third-order valence-corrected chi connectivity index (χ3v) is 7.98. The van der Waals surface area contributed by atoms with Crippen LogP contribution in [0, 0.1) is 11.3 Å². The van der Waals surface area contributed by atoms with Gasteiger partial charge in [-0.05, 0) is 100.0 Å². The number of rotatable bonds is 12. The van der Waals surface area contributed by atoms with Crippen LogP contribution in [-0.2, 0) is 0 Å². The van der Waals surface area contributed by atoms with E-state index in [9.17, 15) is 4.39 Å². The summed E-state index contributed by atoms with van der Waals surface area (Å²) in [5.74, 6) is 0.291. The molecule has 0 spiro atoms. The van der Waals surface area contributed by atoms with E-state index in [1.807, 2.05) is 60.6 Å². The fraction of sp³-hybridized carbons (Fsp3) is 0.756. The number of unbranched alkanes of at least 4 members (excludes halogenated alkanes) is 1. The predicted molar refractivity (Wildman–Crippen MR) is 203 cm³/mol. The molecule has 0 saturated carbocycles. The van der Waals surface area contributed by atoms with Crippen molar-refractivity contribution < 1.29 is 8.78 Å². The molecule has 0 fully saturated rings. The maximum atomic E-state index is 15.2. The molecule has 1 aliphatic carbocycles. The van der Waals surface area contributed by atoms with E-state index < -0.39 is 16.8 Å². The molecule has 0 aromatic carbocycles. The van der Waals surface area contributed by atoms with Gasteiger partial charge in [-0.3, -0.25) is 0 Å². The first kappa shape index (κ1) is 52.1. The van der Waals surface area contributed by atoms with Crippen LogP contribution in [0.3, 0.4) is 0 Å². The first-order valence-corrected chi connectivity index (χ1v) is 17.8. The van der Waals surface area contributed by atoms with Crippen molar-refractivity contribution in [2.24, 2.45) is 17.1 Å². The minimum atomic E-state index is -1.30. The summed E-state index contributed by atoms with van der Waals surface area (Å²) in [5.41, 5.74) is 7.92. The Morgan fingerprint density at radius 1 is 1.00 bits per heavy atom. The predicted octanol–water partition coefficient (Wildman–Crippen LogP) is 14.6. The fourth-order valence-corrected chi connectivity index (χ4v) is 5.39. The summed E-state index contributed by atoms with van der Waals surface area (Å²) in [5, 5.41) is 0. The van der Waals surface area contributed by atoms with Crippen molar-refractivity contribution >= 4 is 0 Å². The second kappa shape index (κ2) is 29.0. The normalized spacial score (nSPS) is 16.6. The lowest BCUT2D eigenvalue weighted by Crippen LogP contribution is -2.41. The summed E-state index contributed by atoms with van der Waals surface area (Å²) in [6.07, 6.45) is 13.6. The van der Waals surface area contributed by atoms with Crippen LogP contribution in [0.4, 0.5) is 8.78 Å². The molecule has 3 unspecified atom stereocenters. The summed E-state index contributed by atoms with van der Waals surface area (Å²) < 4.78 is 29.5. The van der Waals surface area contributed by atoms with E-state index in [1.165, 1.54) is 36.0 Å². The summed E-state index contributed by atoms with van der Waals surface area (Å²) in [6, 6.07) is 0.403. The maximum absolute atomic E-state index is 15.2. The molecule has 1 aliphatic rings. The third-order valence-electron chi connectivity index (χ3n) is 7.98. The van der Waals surface area contributed by atoms with Crippen molar-refractivity contribution in [3.05, 3.63) is 59.3 Å². The van der Waals surface area contributed by atoms with Gasteiger partial charge in [0.2, 0.25) is 0 Å². The van der Waals surface area contributed by atoms with Gasteiger partial charge in [-0.2, -0.15) is 0 Å². The van der Waals surface area contributed by atoms with Crippen LogP contribution < -0.4 is 5.73 Å². The maximum Gasteiger partial charge on any atom is 0.130 e. The Bertz CT molecular complexity index is 799. The first-order valence-electron chi connectivity index (χ1n) is 17.8. The molecule has 0 radical (unpaired) electrons. The standard InChI is InChI=1S/C26H42F2.C6H15N.C3H6.3C2H6/c1-11-15-26(12-2,25(9,10)28)20(5)16-18(3)21(6)23-14-13-22(17-19(23)4)24(7,8)27;1-3-4-5-6(2)7;1-3-2;3*1-2/h13,17,23H,5,11-12,14-16H2,1-4,6-10H3;6H,3-5,7H2,1-2H3;3H,1H2,2H3;3*1-2H3/b21-18+;;;;;. The molecule has 0 aromatic rings. The van der Waals surface area contributed by atoms with Crippen LogP contribution in [0.5, 0.6) is 0 Å². The molecule has 44 heavy (non-hydrogen) atoms. The van der Waals surface area contributed by atoms with Gasteiger partial charge in [-0.25, -0.2) is 8.78 Å². The van der Waals surface area contributed by atoms with Gasteiger partial charge in [-0.1, -0.05) is 129 Å². The Kier molecular flexibility index (Phi) is 34.3. The lowest BCUT2D eigenvalue weighted by Gasteiger charge is -2.43. The molecule has 3 atom stereocenters. The van der Waals surface area contributed by atoms with Gasteiger partial charge in [0.1, 0.15) is 11.3 Å². The van der Waals surface area contributed by atoms with Gasteiger partial charge in [0, 0.05) is 17.4 Å². The Labute approximate surface area is 278 Å². The lowest BCUT2D eigenvalue weighted by molar-refractivity contribution is 0.0391. The average molecular weight is 626 g/mol. The highest BCUT2D eigenvalue weighted by molar-refractivity contribution is 5.39. The summed E-state index contributed by atoms with van der Waals surface area (Å²) >= 11 is 0. The number of nitrogens with two attached hydrogens (primary N) is 1. The van der Waals surface area contributed by atoms with Crippen molar-refractivity contribution in [2.75, 3.05) is 0 Å². The second-order valence-corrected chi connectivity index (χ2v) is 12.2. The zero-order valence-electron chi connectivity index (χ0n) is 33.3. The van der Waals surface area contributed by atoms with E-state index in [1.54, 1.807) is 33.8 Å². The molecule has 0 saturated heterocycles. The zero-order valence-corrected chi connectivity index (χ0v) is 33.3. The average Bonchev–Trinajstić information content (AvgIpc) is 2.97. The molecular weight excluding hydrogens is 544 g/mol. The molecule has 0 bridgehead atoms. The van der Waals surface area contributed by atoms with Crippen LogP contribution in [0.15, 0.2) is 59.3 Å². The summed E-state index contributed by atoms with van der Waals surface area (Å²) in [4.78, 5) is 0. The van der Waals surface area contributed by atoms with Gasteiger partial charge in [0.05, 0.1) is 0 Å². The smallest absolute Gasteiger partial charge is 0.130 e. The number of halogens is 2. The largest absolute Gasteiger partial charge is 0.328 e. The highest BCUT2D eigenvalue weighted by Gasteiger charge is 2.45. The van der Waals surface area contributed by atoms with Crippen molar-refractivity contribution in [1.29, 1.82) is 0 Å². The zero-order chi connectivity index (χ0) is 36.3. The first-order chi connectivity index (χ1) is 20.4. The molecule has 0 aliphatic heterocycles. The van der Waals surface area contributed by atoms with Gasteiger partial charge in [0.15, 0.2) is 0 Å². The van der Waals surface area contributed by atoms with Crippen molar-refractivity contribution in [2.45, 2.75) is 193 Å². The number of alkyl halides is 2. The molecule has 0 amide bonds. The van der Waals surface area contributed by atoms with Crippen molar-refractivity contribution in [3.63, 3.8) is 0 Å². The summed E-state index contributed by atoms with van der Waals surface area (Å²) in [7, 11) is 0. The quantitative estimate of drug-likeness (QED) is 0.215. The van der Waals surface area contributed by atoms with Gasteiger partial charge < -0.3 is 5.73 Å². The fourth-order valence-electron chi connectivity index (χ4n) is 5.39. The molecule has 2 N–H and O–H groups in total. The van der Waals surface area contributed by atoms with E-state index in [2.05, 4.69) is 61.6 Å². The van der Waals surface area contributed by atoms with Crippen LogP contribution in [0.2, 0.25) is 0 Å². The Morgan fingerprint density at radius 2 is 1.45 bits per heavy atom. The van der Waals surface area contributed by atoms with Gasteiger partial charge >= 0.3 is 0 Å². The highest BCUT2D eigenvalue weighted by atomic mass is 19.1. The van der Waals surface area contributed by atoms with Crippen molar-refractivity contribution in [3.8, 4) is 0 Å². The Hall–Kier alpha value is -1.48. The number of allylic oxidation sites excluding steroid dienone is 8. The Balaban J connectivity index is -0.000000264. The molecule has 1 nitrogen and oxygen atoms in total. The van der Waals surface area contributed by atoms with E-state index in [-0.39, 0.29) is 0 Å². The topological polar surface area (TPSA) is 26.0 Å². The van der Waals surface area contributed by atoms with E-state index in [0.717, 1.165) is 43.3 Å². The number of hydrogen-bond donors (Lipinski definition) is 1. The third kappa shape index (κ3) is 20.5. The minimum absolute atomic E-state index is 0.291. The van der Waals surface area contributed by atoms with Gasteiger partial charge in [0.25, 0.3) is 0 Å². The number of hydrogen-bond acceptors (Lipinski definition) is 1. The van der Waals surface area contributed by atoms with E-state index in [0.29, 0.717) is 12.0 Å². The van der Waals surface area contributed by atoms with Crippen LogP contribution >= 0.6 is 0 Å². The molecular formula is C41H81F2N. The van der Waals surface area contributed by atoms with E-state index in [4.69, 9.17) is 5.73 Å². The van der Waals surface area contributed by atoms with Crippen LogP contribution in [0.1, 0.15) is 176 Å². The lowest BCUT2D eigenvalue weighted by atomic mass is 9.63. The SMILES string of the molecule is C=C(C/C(C)=C(\C)C1CC=C(C(C)(C)F)C=C1C)C(CC)(CCC)C(C)(C)F.C=CC.CC.CC.CC.CCCCC(C)N.